The number of hydrogen-bond donors (Lipinski definition) is 4. The van der Waals surface area contributed by atoms with Gasteiger partial charge in [0.05, 0.1) is 17.1 Å². The van der Waals surface area contributed by atoms with Gasteiger partial charge in [-0.05, 0) is 69.0 Å². The number of anilines is 4. The van der Waals surface area contributed by atoms with Gasteiger partial charge in [0.25, 0.3) is 5.91 Å². The number of nitrogens with zero attached hydrogens (tertiary/aromatic N) is 4. The van der Waals surface area contributed by atoms with E-state index in [1.807, 2.05) is 19.0 Å². The molecule has 5 rings (SSSR count). The lowest BCUT2D eigenvalue weighted by molar-refractivity contribution is 0.102. The Labute approximate surface area is 258 Å². The number of primary sulfonamides is 1. The van der Waals surface area contributed by atoms with E-state index in [9.17, 15) is 26.8 Å². The summed E-state index contributed by atoms with van der Waals surface area (Å²) in [6.07, 6.45) is 0. The molecule has 0 bridgehead atoms. The number of fused-ring (bicyclic) bond motifs is 1. The molecule has 5 N–H and O–H groups in total. The highest BCUT2D eigenvalue weighted by molar-refractivity contribution is 7.89. The molecule has 0 saturated heterocycles. The first kappa shape index (κ1) is 31.4. The molecular formula is C30H30F2N8O4S. The van der Waals surface area contributed by atoms with Gasteiger partial charge in [-0.2, -0.15) is 4.98 Å². The number of amides is 3. The highest BCUT2D eigenvalue weighted by Gasteiger charge is 2.34. The largest absolute Gasteiger partial charge is 0.353 e. The van der Waals surface area contributed by atoms with Gasteiger partial charge in [0.1, 0.15) is 17.3 Å². The summed E-state index contributed by atoms with van der Waals surface area (Å²) in [5.41, 5.74) is 1.75. The van der Waals surface area contributed by atoms with Crippen LogP contribution >= 0.6 is 0 Å². The fourth-order valence-corrected chi connectivity index (χ4v) is 5.29. The molecular weight excluding hydrogens is 606 g/mol. The summed E-state index contributed by atoms with van der Waals surface area (Å²) in [5.74, 6) is -2.37. The van der Waals surface area contributed by atoms with Gasteiger partial charge in [0.2, 0.25) is 16.0 Å². The molecule has 45 heavy (non-hydrogen) atoms. The number of carbonyl (C=O) groups is 2. The third-order valence-corrected chi connectivity index (χ3v) is 7.91. The van der Waals surface area contributed by atoms with E-state index in [4.69, 9.17) is 10.1 Å². The van der Waals surface area contributed by atoms with Gasteiger partial charge in [-0.15, -0.1) is 0 Å². The third-order valence-electron chi connectivity index (χ3n) is 7.00. The lowest BCUT2D eigenvalue weighted by Gasteiger charge is -2.31. The van der Waals surface area contributed by atoms with E-state index in [1.54, 1.807) is 25.1 Å². The molecule has 0 saturated carbocycles. The van der Waals surface area contributed by atoms with Gasteiger partial charge in [-0.25, -0.2) is 37.0 Å². The number of aryl methyl sites for hydroxylation is 1. The molecule has 3 aromatic carbocycles. The molecule has 1 aliphatic rings. The van der Waals surface area contributed by atoms with Crippen LogP contribution in [0.4, 0.5) is 36.7 Å². The van der Waals surface area contributed by atoms with Crippen LogP contribution in [-0.2, 0) is 16.6 Å². The van der Waals surface area contributed by atoms with Crippen LogP contribution in [0.15, 0.2) is 65.6 Å². The Kier molecular flexibility index (Phi) is 8.77. The normalized spacial score (nSPS) is 13.0. The Morgan fingerprint density at radius 3 is 2.47 bits per heavy atom. The zero-order chi connectivity index (χ0) is 32.5. The Hall–Kier alpha value is -4.99. The molecule has 15 heteroatoms. The molecule has 0 unspecified atom stereocenters. The van der Waals surface area contributed by atoms with Crippen LogP contribution in [0.1, 0.15) is 21.5 Å². The molecule has 4 aromatic rings. The van der Waals surface area contributed by atoms with Crippen molar-refractivity contribution in [2.75, 3.05) is 42.7 Å². The Bertz CT molecular complexity index is 1900. The summed E-state index contributed by atoms with van der Waals surface area (Å²) in [6.45, 7) is 2.79. The quantitative estimate of drug-likeness (QED) is 0.215. The summed E-state index contributed by atoms with van der Waals surface area (Å²) in [6, 6.07) is 12.9. The van der Waals surface area contributed by atoms with E-state index in [0.29, 0.717) is 35.5 Å². The summed E-state index contributed by atoms with van der Waals surface area (Å²) < 4.78 is 53.5. The first-order chi connectivity index (χ1) is 21.3. The lowest BCUT2D eigenvalue weighted by atomic mass is 9.97. The van der Waals surface area contributed by atoms with Crippen LogP contribution in [0.25, 0.3) is 11.3 Å². The number of aromatic nitrogens is 2. The molecule has 0 aliphatic carbocycles. The Morgan fingerprint density at radius 2 is 1.78 bits per heavy atom. The van der Waals surface area contributed by atoms with Gasteiger partial charge in [0, 0.05) is 35.5 Å². The number of urea groups is 1. The van der Waals surface area contributed by atoms with Crippen LogP contribution < -0.4 is 26.0 Å². The van der Waals surface area contributed by atoms with E-state index >= 15 is 0 Å². The van der Waals surface area contributed by atoms with Crippen molar-refractivity contribution in [2.24, 2.45) is 5.14 Å². The van der Waals surface area contributed by atoms with Gasteiger partial charge in [0.15, 0.2) is 5.82 Å². The maximum atomic E-state index is 15.0. The Morgan fingerprint density at radius 1 is 1.07 bits per heavy atom. The Balaban J connectivity index is 1.61. The van der Waals surface area contributed by atoms with Crippen molar-refractivity contribution in [3.8, 4) is 11.3 Å². The predicted octanol–water partition coefficient (Wildman–Crippen LogP) is 3.96. The first-order valence-corrected chi connectivity index (χ1v) is 15.2. The fourth-order valence-electron chi connectivity index (χ4n) is 4.73. The number of nitrogens with two attached hydrogens (primary N) is 1. The maximum absolute atomic E-state index is 15.0. The van der Waals surface area contributed by atoms with Crippen molar-refractivity contribution in [1.82, 2.24) is 20.2 Å². The summed E-state index contributed by atoms with van der Waals surface area (Å²) in [5, 5.41) is 13.6. The van der Waals surface area contributed by atoms with Crippen LogP contribution in [0.3, 0.4) is 0 Å². The van der Waals surface area contributed by atoms with Crippen molar-refractivity contribution < 1.29 is 26.8 Å². The van der Waals surface area contributed by atoms with E-state index < -0.39 is 39.3 Å². The average Bonchev–Trinajstić information content (AvgIpc) is 2.97. The zero-order valence-electron chi connectivity index (χ0n) is 24.6. The topological polar surface area (TPSA) is 163 Å². The first-order valence-electron chi connectivity index (χ1n) is 13.7. The van der Waals surface area contributed by atoms with Crippen molar-refractivity contribution in [3.63, 3.8) is 0 Å². The molecule has 1 aromatic heterocycles. The smallest absolute Gasteiger partial charge is 0.328 e. The predicted molar refractivity (Wildman–Crippen MR) is 166 cm³/mol. The second-order valence-corrected chi connectivity index (χ2v) is 12.1. The minimum absolute atomic E-state index is 0.0193. The molecule has 12 nitrogen and oxygen atoms in total. The molecule has 3 amide bonds. The number of para-hydroxylation sites is 1. The minimum Gasteiger partial charge on any atom is -0.353 e. The van der Waals surface area contributed by atoms with E-state index in [2.05, 4.69) is 20.9 Å². The average molecular weight is 637 g/mol. The number of benzene rings is 3. The highest BCUT2D eigenvalue weighted by atomic mass is 32.2. The van der Waals surface area contributed by atoms with Crippen LogP contribution in [0, 0.1) is 18.6 Å². The van der Waals surface area contributed by atoms with Crippen molar-refractivity contribution in [2.45, 2.75) is 18.4 Å². The van der Waals surface area contributed by atoms with Crippen molar-refractivity contribution >= 4 is 45.1 Å². The van der Waals surface area contributed by atoms with E-state index in [-0.39, 0.29) is 34.5 Å². The molecule has 0 radical (unpaired) electrons. The number of hydrogen-bond acceptors (Lipinski definition) is 8. The summed E-state index contributed by atoms with van der Waals surface area (Å²) >= 11 is 0. The second-order valence-electron chi connectivity index (χ2n) is 10.5. The molecule has 0 atom stereocenters. The summed E-state index contributed by atoms with van der Waals surface area (Å²) in [4.78, 5) is 38.2. The minimum atomic E-state index is -3.99. The number of sulfonamides is 1. The zero-order valence-corrected chi connectivity index (χ0v) is 25.4. The van der Waals surface area contributed by atoms with Gasteiger partial charge >= 0.3 is 6.03 Å². The van der Waals surface area contributed by atoms with Gasteiger partial charge in [-0.1, -0.05) is 18.2 Å². The van der Waals surface area contributed by atoms with Crippen LogP contribution in [0.5, 0.6) is 0 Å². The van der Waals surface area contributed by atoms with Crippen molar-refractivity contribution in [1.29, 1.82) is 0 Å². The number of rotatable bonds is 9. The molecule has 234 valence electrons. The molecule has 0 fully saturated rings. The van der Waals surface area contributed by atoms with Gasteiger partial charge in [-0.3, -0.25) is 4.79 Å². The third kappa shape index (κ3) is 6.74. The molecule has 0 spiro atoms. The SMILES string of the molecule is Cc1ccc(C(=O)Nc2cccc(S(N)(=O)=O)c2)cc1-c1nc(NCCN(C)C)nc2c1CNC(=O)N2c1c(F)cccc1F. The van der Waals surface area contributed by atoms with Crippen molar-refractivity contribution in [3.05, 3.63) is 89.0 Å². The van der Waals surface area contributed by atoms with Crippen LogP contribution in [-0.4, -0.2) is 62.4 Å². The molecule has 2 heterocycles. The lowest BCUT2D eigenvalue weighted by Crippen LogP contribution is -2.43. The standard InChI is InChI=1S/C30H30F2N8O4S/c1-17-10-11-18(28(41)36-19-6-4-7-20(15-19)45(33,43)44)14-21(17)25-22-16-35-30(42)40(26-23(31)8-5-9-24(26)32)27(22)38-29(37-25)34-12-13-39(2)3/h4-11,14-15H,12-13,16H2,1-3H3,(H,35,42)(H,36,41)(H2,33,43,44)(H,34,37,38). The highest BCUT2D eigenvalue weighted by Crippen LogP contribution is 2.39. The van der Waals surface area contributed by atoms with Gasteiger partial charge < -0.3 is 20.9 Å². The monoisotopic (exact) mass is 636 g/mol. The summed E-state index contributed by atoms with van der Waals surface area (Å²) in [7, 11) is -0.212. The van der Waals surface area contributed by atoms with Crippen LogP contribution in [0.2, 0.25) is 0 Å². The number of nitrogens with one attached hydrogen (secondary N) is 3. The molecule has 1 aliphatic heterocycles. The number of carbonyl (C=O) groups excluding carboxylic acids is 2. The van der Waals surface area contributed by atoms with E-state index in [0.717, 1.165) is 17.0 Å². The van der Waals surface area contributed by atoms with E-state index in [1.165, 1.54) is 30.3 Å². The fraction of sp³-hybridized carbons (Fsp3) is 0.200. The maximum Gasteiger partial charge on any atom is 0.328 e. The second kappa shape index (κ2) is 12.6. The number of likely N-dealkylation sites (N-methyl/N-ethyl adjacent to an activating group) is 1. The number of halogens is 2.